The Morgan fingerprint density at radius 3 is 2.29 bits per heavy atom. The Morgan fingerprint density at radius 2 is 1.66 bits per heavy atom. The molecule has 9 nitrogen and oxygen atoms in total. The first-order valence-electron chi connectivity index (χ1n) is 11.3. The predicted octanol–water partition coefficient (Wildman–Crippen LogP) is 5.70. The second-order valence-corrected chi connectivity index (χ2v) is 10.5. The third-order valence-electron chi connectivity index (χ3n) is 5.37. The number of hydrogen-bond donors (Lipinski definition) is 2. The smallest absolute Gasteiger partial charge is 0.341 e. The SMILES string of the molecule is Cc1ccc(C)n1-c1ccc(OCc2ccc(C(=O)N/N=C/c3cc(I)c(OCC(=O)O)c(I)c3)o2)cc1. The van der Waals surface area contributed by atoms with Gasteiger partial charge in [0.05, 0.1) is 13.4 Å². The van der Waals surface area contributed by atoms with Crippen molar-refractivity contribution in [3.8, 4) is 17.2 Å². The zero-order chi connectivity index (χ0) is 27.2. The van der Waals surface area contributed by atoms with Gasteiger partial charge in [-0.1, -0.05) is 0 Å². The average Bonchev–Trinajstić information content (AvgIpc) is 3.48. The monoisotopic (exact) mass is 739 g/mol. The number of furan rings is 1. The largest absolute Gasteiger partial charge is 0.486 e. The number of carbonyl (C=O) groups excluding carboxylic acids is 1. The number of carboxylic acids is 1. The van der Waals surface area contributed by atoms with Crippen molar-refractivity contribution in [3.05, 3.63) is 96.3 Å². The second kappa shape index (κ2) is 12.5. The number of halogens is 2. The van der Waals surface area contributed by atoms with E-state index < -0.39 is 18.5 Å². The molecule has 2 heterocycles. The van der Waals surface area contributed by atoms with E-state index in [4.69, 9.17) is 19.0 Å². The van der Waals surface area contributed by atoms with Crippen LogP contribution in [0.15, 0.2) is 70.2 Å². The molecule has 196 valence electrons. The lowest BCUT2D eigenvalue weighted by molar-refractivity contribution is -0.139. The highest BCUT2D eigenvalue weighted by molar-refractivity contribution is 14.1. The zero-order valence-corrected chi connectivity index (χ0v) is 24.7. The van der Waals surface area contributed by atoms with Crippen LogP contribution in [0.1, 0.15) is 33.3 Å². The van der Waals surface area contributed by atoms with Crippen molar-refractivity contribution >= 4 is 63.3 Å². The van der Waals surface area contributed by atoms with Crippen molar-refractivity contribution in [1.29, 1.82) is 0 Å². The lowest BCUT2D eigenvalue weighted by Crippen LogP contribution is -2.16. The van der Waals surface area contributed by atoms with E-state index in [1.807, 2.05) is 24.3 Å². The molecule has 0 aliphatic heterocycles. The molecule has 0 aliphatic carbocycles. The predicted molar refractivity (Wildman–Crippen MR) is 158 cm³/mol. The highest BCUT2D eigenvalue weighted by Gasteiger charge is 2.13. The number of carbonyl (C=O) groups is 2. The van der Waals surface area contributed by atoms with Gasteiger partial charge in [0.1, 0.15) is 23.9 Å². The second-order valence-electron chi connectivity index (χ2n) is 8.20. The molecule has 2 aromatic heterocycles. The number of aryl methyl sites for hydroxylation is 2. The topological polar surface area (TPSA) is 115 Å². The molecule has 4 rings (SSSR count). The highest BCUT2D eigenvalue weighted by atomic mass is 127. The van der Waals surface area contributed by atoms with Crippen LogP contribution in [-0.4, -0.2) is 34.4 Å². The van der Waals surface area contributed by atoms with E-state index in [0.29, 0.717) is 22.8 Å². The molecule has 11 heteroatoms. The fraction of sp³-hybridized carbons (Fsp3) is 0.148. The molecular formula is C27H23I2N3O6. The molecule has 0 fully saturated rings. The number of rotatable bonds is 10. The third kappa shape index (κ3) is 6.95. The number of nitrogens with zero attached hydrogens (tertiary/aromatic N) is 2. The van der Waals surface area contributed by atoms with Crippen LogP contribution in [0.2, 0.25) is 0 Å². The van der Waals surface area contributed by atoms with Gasteiger partial charge in [0.15, 0.2) is 12.4 Å². The molecule has 1 amide bonds. The van der Waals surface area contributed by atoms with Gasteiger partial charge in [-0.2, -0.15) is 5.10 Å². The molecule has 2 aromatic carbocycles. The van der Waals surface area contributed by atoms with E-state index >= 15 is 0 Å². The summed E-state index contributed by atoms with van der Waals surface area (Å²) in [5.74, 6) is 0.233. The normalized spacial score (nSPS) is 11.1. The van der Waals surface area contributed by atoms with Crippen molar-refractivity contribution in [1.82, 2.24) is 9.99 Å². The molecule has 2 N–H and O–H groups in total. The first kappa shape index (κ1) is 27.7. The summed E-state index contributed by atoms with van der Waals surface area (Å²) in [5.41, 5.74) is 6.52. The van der Waals surface area contributed by atoms with Gasteiger partial charge in [-0.05, 0) is 125 Å². The molecule has 4 aromatic rings. The quantitative estimate of drug-likeness (QED) is 0.123. The molecule has 38 heavy (non-hydrogen) atoms. The molecular weight excluding hydrogens is 716 g/mol. The minimum atomic E-state index is -1.05. The number of hydrogen-bond acceptors (Lipinski definition) is 6. The molecule has 0 atom stereocenters. The zero-order valence-electron chi connectivity index (χ0n) is 20.4. The van der Waals surface area contributed by atoms with Gasteiger partial charge in [-0.15, -0.1) is 0 Å². The van der Waals surface area contributed by atoms with E-state index in [2.05, 4.69) is 86.3 Å². The average molecular weight is 739 g/mol. The summed E-state index contributed by atoms with van der Waals surface area (Å²) in [5, 5.41) is 12.8. The summed E-state index contributed by atoms with van der Waals surface area (Å²) in [6.07, 6.45) is 1.48. The number of aliphatic carboxylic acids is 1. The summed E-state index contributed by atoms with van der Waals surface area (Å²) >= 11 is 4.11. The van der Waals surface area contributed by atoms with E-state index in [-0.39, 0.29) is 12.4 Å². The Kier molecular flexibility index (Phi) is 9.09. The van der Waals surface area contributed by atoms with Crippen LogP contribution in [0.4, 0.5) is 0 Å². The minimum absolute atomic E-state index is 0.108. The summed E-state index contributed by atoms with van der Waals surface area (Å²) < 4.78 is 20.3. The van der Waals surface area contributed by atoms with Crippen molar-refractivity contribution < 1.29 is 28.6 Å². The van der Waals surface area contributed by atoms with Crippen molar-refractivity contribution in [2.45, 2.75) is 20.5 Å². The standard InChI is InChI=1S/C27H23I2N3O6/c1-16-3-4-17(2)32(16)19-5-7-20(8-6-19)36-14-21-9-10-24(38-21)27(35)31-30-13-18-11-22(28)26(23(29)12-18)37-15-25(33)34/h3-13H,14-15H2,1-2H3,(H,31,35)(H,33,34)/b30-13+. The van der Waals surface area contributed by atoms with Crippen LogP contribution in [0.25, 0.3) is 5.69 Å². The molecule has 0 saturated heterocycles. The number of carboxylic acid groups (broad SMARTS) is 1. The molecule has 0 unspecified atom stereocenters. The molecule has 0 radical (unpaired) electrons. The van der Waals surface area contributed by atoms with E-state index in [9.17, 15) is 9.59 Å². The van der Waals surface area contributed by atoms with Gasteiger partial charge in [-0.3, -0.25) is 4.79 Å². The Bertz CT molecular complexity index is 1450. The van der Waals surface area contributed by atoms with Gasteiger partial charge in [0.2, 0.25) is 0 Å². The van der Waals surface area contributed by atoms with Crippen LogP contribution in [0.5, 0.6) is 11.5 Å². The fourth-order valence-corrected chi connectivity index (χ4v) is 5.77. The molecule has 0 spiro atoms. The molecule has 0 bridgehead atoms. The molecule has 0 saturated carbocycles. The Hall–Kier alpha value is -3.33. The van der Waals surface area contributed by atoms with Gasteiger partial charge >= 0.3 is 11.9 Å². The number of aromatic nitrogens is 1. The van der Waals surface area contributed by atoms with Crippen molar-refractivity contribution in [2.75, 3.05) is 6.61 Å². The van der Waals surface area contributed by atoms with Crippen LogP contribution >= 0.6 is 45.2 Å². The van der Waals surface area contributed by atoms with Gasteiger partial charge in [-0.25, -0.2) is 10.2 Å². The van der Waals surface area contributed by atoms with E-state index in [1.165, 1.54) is 6.21 Å². The number of nitrogens with one attached hydrogen (secondary N) is 1. The van der Waals surface area contributed by atoms with E-state index in [1.54, 1.807) is 24.3 Å². The van der Waals surface area contributed by atoms with Crippen LogP contribution in [-0.2, 0) is 11.4 Å². The third-order valence-corrected chi connectivity index (χ3v) is 6.98. The summed E-state index contributed by atoms with van der Waals surface area (Å²) in [6.45, 7) is 3.87. The fourth-order valence-electron chi connectivity index (χ4n) is 3.65. The summed E-state index contributed by atoms with van der Waals surface area (Å²) in [7, 11) is 0. The summed E-state index contributed by atoms with van der Waals surface area (Å²) in [6, 6.07) is 18.7. The Balaban J connectivity index is 1.30. The first-order valence-corrected chi connectivity index (χ1v) is 13.5. The van der Waals surface area contributed by atoms with Gasteiger partial charge < -0.3 is 23.6 Å². The Labute approximate surface area is 246 Å². The maximum absolute atomic E-state index is 12.4. The van der Waals surface area contributed by atoms with Crippen LogP contribution < -0.4 is 14.9 Å². The number of amides is 1. The lowest BCUT2D eigenvalue weighted by atomic mass is 10.2. The van der Waals surface area contributed by atoms with Gasteiger partial charge in [0, 0.05) is 17.1 Å². The number of hydrazone groups is 1. The Morgan fingerprint density at radius 1 is 1.00 bits per heavy atom. The van der Waals surface area contributed by atoms with Crippen LogP contribution in [0, 0.1) is 21.0 Å². The van der Waals surface area contributed by atoms with Gasteiger partial charge in [0.25, 0.3) is 0 Å². The minimum Gasteiger partial charge on any atom is -0.486 e. The maximum atomic E-state index is 12.4. The maximum Gasteiger partial charge on any atom is 0.341 e. The van der Waals surface area contributed by atoms with Crippen molar-refractivity contribution in [3.63, 3.8) is 0 Å². The molecule has 0 aliphatic rings. The number of ether oxygens (including phenoxy) is 2. The van der Waals surface area contributed by atoms with Crippen LogP contribution in [0.3, 0.4) is 0 Å². The lowest BCUT2D eigenvalue weighted by Gasteiger charge is -2.10. The van der Waals surface area contributed by atoms with E-state index in [0.717, 1.165) is 24.2 Å². The number of benzene rings is 2. The highest BCUT2D eigenvalue weighted by Crippen LogP contribution is 2.28. The van der Waals surface area contributed by atoms with Crippen molar-refractivity contribution in [2.24, 2.45) is 5.10 Å². The first-order chi connectivity index (χ1) is 18.2. The summed E-state index contributed by atoms with van der Waals surface area (Å²) in [4.78, 5) is 23.2.